The molecule has 0 aliphatic carbocycles. The van der Waals surface area contributed by atoms with Crippen molar-refractivity contribution in [2.75, 3.05) is 0 Å². The summed E-state index contributed by atoms with van der Waals surface area (Å²) in [5, 5.41) is 10.5. The quantitative estimate of drug-likeness (QED) is 0.861. The van der Waals surface area contributed by atoms with E-state index < -0.39 is 0 Å². The number of thioether (sulfide) groups is 1. The Hall–Kier alpha value is -1.40. The van der Waals surface area contributed by atoms with Crippen molar-refractivity contribution in [1.82, 2.24) is 15.5 Å². The van der Waals surface area contributed by atoms with Crippen molar-refractivity contribution < 1.29 is 4.79 Å². The molecule has 4 nitrogen and oxygen atoms in total. The molecule has 2 atom stereocenters. The molecule has 6 heteroatoms. The van der Waals surface area contributed by atoms with Crippen LogP contribution in [0.3, 0.4) is 0 Å². The van der Waals surface area contributed by atoms with Crippen molar-refractivity contribution in [3.63, 3.8) is 0 Å². The number of benzene rings is 1. The van der Waals surface area contributed by atoms with E-state index in [1.165, 1.54) is 23.1 Å². The summed E-state index contributed by atoms with van der Waals surface area (Å²) < 4.78 is 0.815. The Morgan fingerprint density at radius 1 is 1.32 bits per heavy atom. The molecule has 1 N–H and O–H groups in total. The molecule has 2 rings (SSSR count). The van der Waals surface area contributed by atoms with Crippen LogP contribution in [0.5, 0.6) is 0 Å². The topological polar surface area (TPSA) is 54.9 Å². The summed E-state index contributed by atoms with van der Waals surface area (Å²) in [7, 11) is 0. The zero-order valence-corrected chi connectivity index (χ0v) is 12.4. The summed E-state index contributed by atoms with van der Waals surface area (Å²) >= 11 is 2.87. The van der Waals surface area contributed by atoms with E-state index in [9.17, 15) is 4.79 Å². The standard InChI is InChI=1S/C13H15N3OS2/c1-9(11-6-4-3-5-7-11)15-12(17)10(2)19-13-16-14-8-18-13/h3-10H,1-2H3,(H,15,17)/t9-,10-/m0/s1. The van der Waals surface area contributed by atoms with Crippen molar-refractivity contribution >= 4 is 29.0 Å². The van der Waals surface area contributed by atoms with Gasteiger partial charge in [0.05, 0.1) is 11.3 Å². The number of rotatable bonds is 5. The van der Waals surface area contributed by atoms with E-state index in [1.807, 2.05) is 44.2 Å². The lowest BCUT2D eigenvalue weighted by atomic mass is 10.1. The van der Waals surface area contributed by atoms with E-state index in [0.717, 1.165) is 9.90 Å². The summed E-state index contributed by atoms with van der Waals surface area (Å²) in [4.78, 5) is 12.1. The van der Waals surface area contributed by atoms with Crippen LogP contribution >= 0.6 is 23.1 Å². The molecule has 0 bridgehead atoms. The van der Waals surface area contributed by atoms with Crippen molar-refractivity contribution in [2.24, 2.45) is 0 Å². The average molecular weight is 293 g/mol. The molecule has 1 amide bonds. The number of nitrogens with zero attached hydrogens (tertiary/aromatic N) is 2. The van der Waals surface area contributed by atoms with E-state index in [1.54, 1.807) is 5.51 Å². The second-order valence-corrected chi connectivity index (χ2v) is 6.53. The minimum absolute atomic E-state index is 0.00571. The Labute approximate surface area is 120 Å². The molecule has 1 heterocycles. The van der Waals surface area contributed by atoms with Crippen LogP contribution in [0.25, 0.3) is 0 Å². The second kappa shape index (κ2) is 6.68. The minimum atomic E-state index is -0.181. The van der Waals surface area contributed by atoms with Crippen molar-refractivity contribution in [3.8, 4) is 0 Å². The summed E-state index contributed by atoms with van der Waals surface area (Å²) in [6.07, 6.45) is 0. The summed E-state index contributed by atoms with van der Waals surface area (Å²) in [6.45, 7) is 3.86. The minimum Gasteiger partial charge on any atom is -0.349 e. The molecule has 100 valence electrons. The Balaban J connectivity index is 1.90. The molecule has 0 unspecified atom stereocenters. The zero-order valence-electron chi connectivity index (χ0n) is 10.7. The van der Waals surface area contributed by atoms with Gasteiger partial charge < -0.3 is 5.32 Å². The van der Waals surface area contributed by atoms with E-state index in [-0.39, 0.29) is 17.2 Å². The zero-order chi connectivity index (χ0) is 13.7. The van der Waals surface area contributed by atoms with Crippen LogP contribution in [0.1, 0.15) is 25.5 Å². The van der Waals surface area contributed by atoms with Crippen LogP contribution in [0.4, 0.5) is 0 Å². The Bertz CT molecular complexity index is 516. The molecule has 0 aliphatic heterocycles. The first-order valence-electron chi connectivity index (χ1n) is 5.95. The summed E-state index contributed by atoms with van der Waals surface area (Å²) in [6, 6.07) is 9.92. The van der Waals surface area contributed by atoms with Gasteiger partial charge in [-0.25, -0.2) is 0 Å². The van der Waals surface area contributed by atoms with Crippen LogP contribution in [-0.2, 0) is 4.79 Å². The monoisotopic (exact) mass is 293 g/mol. The fourth-order valence-electron chi connectivity index (χ4n) is 1.57. The number of nitrogens with one attached hydrogen (secondary N) is 1. The van der Waals surface area contributed by atoms with Gasteiger partial charge in [0.2, 0.25) is 5.91 Å². The highest BCUT2D eigenvalue weighted by atomic mass is 32.2. The molecule has 19 heavy (non-hydrogen) atoms. The second-order valence-electron chi connectivity index (χ2n) is 4.11. The molecule has 1 aromatic carbocycles. The molecule has 0 saturated carbocycles. The van der Waals surface area contributed by atoms with E-state index in [0.29, 0.717) is 0 Å². The van der Waals surface area contributed by atoms with Crippen LogP contribution < -0.4 is 5.32 Å². The van der Waals surface area contributed by atoms with Crippen LogP contribution in [0.15, 0.2) is 40.2 Å². The molecule has 1 aromatic heterocycles. The molecule has 0 fully saturated rings. The van der Waals surface area contributed by atoms with Crippen molar-refractivity contribution in [2.45, 2.75) is 29.5 Å². The van der Waals surface area contributed by atoms with Gasteiger partial charge in [0.15, 0.2) is 4.34 Å². The highest BCUT2D eigenvalue weighted by Crippen LogP contribution is 2.24. The highest BCUT2D eigenvalue weighted by Gasteiger charge is 2.18. The highest BCUT2D eigenvalue weighted by molar-refractivity contribution is 8.02. The maximum atomic E-state index is 12.1. The molecule has 2 aromatic rings. The van der Waals surface area contributed by atoms with Crippen LogP contribution in [0, 0.1) is 0 Å². The Kier molecular flexibility index (Phi) is 4.93. The van der Waals surface area contributed by atoms with Gasteiger partial charge in [0.25, 0.3) is 0 Å². The number of carbonyl (C=O) groups excluding carboxylic acids is 1. The first-order chi connectivity index (χ1) is 9.16. The lowest BCUT2D eigenvalue weighted by molar-refractivity contribution is -0.120. The largest absolute Gasteiger partial charge is 0.349 e. The Morgan fingerprint density at radius 3 is 2.68 bits per heavy atom. The van der Waals surface area contributed by atoms with Gasteiger partial charge in [-0.1, -0.05) is 53.4 Å². The average Bonchev–Trinajstić information content (AvgIpc) is 2.92. The van der Waals surface area contributed by atoms with Crippen LogP contribution in [-0.4, -0.2) is 21.4 Å². The van der Waals surface area contributed by atoms with Gasteiger partial charge in [-0.15, -0.1) is 10.2 Å². The third kappa shape index (κ3) is 4.04. The third-order valence-electron chi connectivity index (χ3n) is 2.65. The third-order valence-corrected chi connectivity index (χ3v) is 4.56. The van der Waals surface area contributed by atoms with Gasteiger partial charge in [-0.05, 0) is 19.4 Å². The maximum absolute atomic E-state index is 12.1. The summed E-state index contributed by atoms with van der Waals surface area (Å²) in [5.74, 6) is 0.0107. The van der Waals surface area contributed by atoms with Crippen molar-refractivity contribution in [1.29, 1.82) is 0 Å². The van der Waals surface area contributed by atoms with Gasteiger partial charge in [-0.3, -0.25) is 4.79 Å². The van der Waals surface area contributed by atoms with Crippen molar-refractivity contribution in [3.05, 3.63) is 41.4 Å². The number of hydrogen-bond acceptors (Lipinski definition) is 5. The Morgan fingerprint density at radius 2 is 2.05 bits per heavy atom. The van der Waals surface area contributed by atoms with Gasteiger partial charge >= 0.3 is 0 Å². The predicted octanol–water partition coefficient (Wildman–Crippen LogP) is 2.90. The first kappa shape index (κ1) is 14.0. The van der Waals surface area contributed by atoms with E-state index in [2.05, 4.69) is 15.5 Å². The molecular weight excluding hydrogens is 278 g/mol. The molecule has 0 spiro atoms. The lowest BCUT2D eigenvalue weighted by Gasteiger charge is -2.16. The first-order valence-corrected chi connectivity index (χ1v) is 7.71. The van der Waals surface area contributed by atoms with E-state index >= 15 is 0 Å². The number of amides is 1. The van der Waals surface area contributed by atoms with Gasteiger partial charge in [0.1, 0.15) is 5.51 Å². The number of hydrogen-bond donors (Lipinski definition) is 1. The normalized spacial score (nSPS) is 13.8. The fourth-order valence-corrected chi connectivity index (χ4v) is 3.21. The molecule has 0 saturated heterocycles. The maximum Gasteiger partial charge on any atom is 0.233 e. The smallest absolute Gasteiger partial charge is 0.233 e. The lowest BCUT2D eigenvalue weighted by Crippen LogP contribution is -2.33. The van der Waals surface area contributed by atoms with E-state index in [4.69, 9.17) is 0 Å². The number of aromatic nitrogens is 2. The molecule has 0 radical (unpaired) electrons. The number of carbonyl (C=O) groups is 1. The molecule has 0 aliphatic rings. The SMILES string of the molecule is C[C@H](Sc1nncs1)C(=O)N[C@@H](C)c1ccccc1. The summed E-state index contributed by atoms with van der Waals surface area (Å²) in [5.41, 5.74) is 2.77. The predicted molar refractivity (Wildman–Crippen MR) is 78.2 cm³/mol. The fraction of sp³-hybridized carbons (Fsp3) is 0.308. The van der Waals surface area contributed by atoms with Crippen LogP contribution in [0.2, 0.25) is 0 Å². The molecular formula is C13H15N3OS2. The van der Waals surface area contributed by atoms with Gasteiger partial charge in [-0.2, -0.15) is 0 Å². The van der Waals surface area contributed by atoms with Gasteiger partial charge in [0, 0.05) is 0 Å².